The second-order valence-electron chi connectivity index (χ2n) is 5.15. The molecule has 0 amide bonds. The zero-order valence-electron chi connectivity index (χ0n) is 10.4. The highest BCUT2D eigenvalue weighted by molar-refractivity contribution is 7.89. The maximum Gasteiger partial charge on any atom is 0.244 e. The van der Waals surface area contributed by atoms with E-state index in [9.17, 15) is 8.42 Å². The van der Waals surface area contributed by atoms with Crippen LogP contribution in [0.25, 0.3) is 0 Å². The Morgan fingerprint density at radius 3 is 2.94 bits per heavy atom. The van der Waals surface area contributed by atoms with Gasteiger partial charge in [-0.1, -0.05) is 0 Å². The third-order valence-corrected chi connectivity index (χ3v) is 7.04. The average Bonchev–Trinajstić information content (AvgIpc) is 3.04. The quantitative estimate of drug-likeness (QED) is 0.915. The minimum Gasteiger partial charge on any atom is -0.315 e. The van der Waals surface area contributed by atoms with E-state index in [2.05, 4.69) is 5.32 Å². The summed E-state index contributed by atoms with van der Waals surface area (Å²) < 4.78 is 27.1. The van der Waals surface area contributed by atoms with Crippen LogP contribution in [-0.2, 0) is 16.6 Å². The van der Waals surface area contributed by atoms with Crippen LogP contribution >= 0.6 is 11.3 Å². The van der Waals surface area contributed by atoms with Crippen LogP contribution in [0.5, 0.6) is 0 Å². The molecule has 1 saturated carbocycles. The van der Waals surface area contributed by atoms with Gasteiger partial charge >= 0.3 is 0 Å². The standard InChI is InChI=1S/C12H18N2O2S2/c1-13-7-11-12(4-5-17-11)18(15,16)14-8-9-2-3-10(14)6-9/h4-5,9-10,13H,2-3,6-8H2,1H3. The van der Waals surface area contributed by atoms with E-state index in [1.165, 1.54) is 17.8 Å². The van der Waals surface area contributed by atoms with Gasteiger partial charge < -0.3 is 5.32 Å². The molecule has 2 fully saturated rings. The zero-order chi connectivity index (χ0) is 12.8. The Bertz CT molecular complexity index is 538. The molecule has 6 heteroatoms. The predicted molar refractivity (Wildman–Crippen MR) is 72.1 cm³/mol. The molecule has 0 radical (unpaired) electrons. The van der Waals surface area contributed by atoms with Crippen molar-refractivity contribution in [3.8, 4) is 0 Å². The number of rotatable bonds is 4. The second kappa shape index (κ2) is 4.59. The van der Waals surface area contributed by atoms with E-state index in [1.54, 1.807) is 10.4 Å². The van der Waals surface area contributed by atoms with Gasteiger partial charge in [-0.15, -0.1) is 11.3 Å². The van der Waals surface area contributed by atoms with Crippen molar-refractivity contribution in [2.45, 2.75) is 36.7 Å². The molecule has 4 nitrogen and oxygen atoms in total. The first kappa shape index (κ1) is 12.6. The molecule has 2 atom stereocenters. The molecule has 2 bridgehead atoms. The molecule has 1 saturated heterocycles. The van der Waals surface area contributed by atoms with E-state index in [0.29, 0.717) is 17.4 Å². The molecule has 1 N–H and O–H groups in total. The molecular formula is C12H18N2O2S2. The fourth-order valence-electron chi connectivity index (χ4n) is 3.15. The van der Waals surface area contributed by atoms with Gasteiger partial charge in [0, 0.05) is 24.0 Å². The van der Waals surface area contributed by atoms with Crippen LogP contribution in [0, 0.1) is 5.92 Å². The van der Waals surface area contributed by atoms with Gasteiger partial charge in [0.1, 0.15) is 0 Å². The first-order chi connectivity index (χ1) is 8.63. The van der Waals surface area contributed by atoms with Crippen molar-refractivity contribution in [2.24, 2.45) is 5.92 Å². The van der Waals surface area contributed by atoms with E-state index in [4.69, 9.17) is 0 Å². The van der Waals surface area contributed by atoms with Gasteiger partial charge in [-0.05, 0) is 43.7 Å². The lowest BCUT2D eigenvalue weighted by Gasteiger charge is -2.26. The SMILES string of the molecule is CNCc1sccc1S(=O)(=O)N1CC2CCC1C2. The number of nitrogens with zero attached hydrogens (tertiary/aromatic N) is 1. The highest BCUT2D eigenvalue weighted by Gasteiger charge is 2.44. The van der Waals surface area contributed by atoms with Crippen molar-refractivity contribution in [3.63, 3.8) is 0 Å². The lowest BCUT2D eigenvalue weighted by molar-refractivity contribution is 0.333. The Morgan fingerprint density at radius 2 is 2.33 bits per heavy atom. The molecule has 2 unspecified atom stereocenters. The highest BCUT2D eigenvalue weighted by Crippen LogP contribution is 2.41. The molecule has 0 spiro atoms. The van der Waals surface area contributed by atoms with Crippen LogP contribution in [0.4, 0.5) is 0 Å². The molecule has 1 aliphatic heterocycles. The summed E-state index contributed by atoms with van der Waals surface area (Å²) in [6, 6.07) is 2.00. The summed E-state index contributed by atoms with van der Waals surface area (Å²) in [5.41, 5.74) is 0. The van der Waals surface area contributed by atoms with Gasteiger partial charge in [-0.2, -0.15) is 4.31 Å². The lowest BCUT2D eigenvalue weighted by Crippen LogP contribution is -2.37. The minimum absolute atomic E-state index is 0.252. The first-order valence-electron chi connectivity index (χ1n) is 6.35. The zero-order valence-corrected chi connectivity index (χ0v) is 12.1. The first-order valence-corrected chi connectivity index (χ1v) is 8.67. The van der Waals surface area contributed by atoms with E-state index < -0.39 is 10.0 Å². The van der Waals surface area contributed by atoms with Gasteiger partial charge in [0.2, 0.25) is 10.0 Å². The van der Waals surface area contributed by atoms with Crippen LogP contribution in [0.15, 0.2) is 16.3 Å². The average molecular weight is 286 g/mol. The number of hydrogen-bond donors (Lipinski definition) is 1. The fourth-order valence-corrected chi connectivity index (χ4v) is 6.32. The maximum atomic E-state index is 12.7. The predicted octanol–water partition coefficient (Wildman–Crippen LogP) is 1.64. The van der Waals surface area contributed by atoms with Crippen molar-refractivity contribution in [3.05, 3.63) is 16.3 Å². The van der Waals surface area contributed by atoms with Gasteiger partial charge in [-0.25, -0.2) is 8.42 Å². The number of piperidine rings is 1. The molecule has 2 aliphatic rings. The van der Waals surface area contributed by atoms with Crippen LogP contribution in [-0.4, -0.2) is 32.4 Å². The van der Waals surface area contributed by atoms with E-state index >= 15 is 0 Å². The fraction of sp³-hybridized carbons (Fsp3) is 0.667. The van der Waals surface area contributed by atoms with Crippen molar-refractivity contribution in [2.75, 3.05) is 13.6 Å². The summed E-state index contributed by atoms with van der Waals surface area (Å²) in [6.07, 6.45) is 3.30. The Labute approximate surface area is 112 Å². The minimum atomic E-state index is -3.28. The van der Waals surface area contributed by atoms with E-state index in [0.717, 1.165) is 24.3 Å². The summed E-state index contributed by atoms with van der Waals surface area (Å²) in [5, 5.41) is 4.90. The number of thiophene rings is 1. The molecule has 1 aliphatic carbocycles. The third-order valence-electron chi connectivity index (χ3n) is 3.99. The van der Waals surface area contributed by atoms with Gasteiger partial charge in [0.05, 0.1) is 4.90 Å². The number of fused-ring (bicyclic) bond motifs is 2. The van der Waals surface area contributed by atoms with E-state index in [1.807, 2.05) is 12.4 Å². The van der Waals surface area contributed by atoms with E-state index in [-0.39, 0.29) is 6.04 Å². The summed E-state index contributed by atoms with van der Waals surface area (Å²) >= 11 is 1.51. The van der Waals surface area contributed by atoms with Crippen LogP contribution < -0.4 is 5.32 Å². The van der Waals surface area contributed by atoms with Crippen molar-refractivity contribution < 1.29 is 8.42 Å². The summed E-state index contributed by atoms with van der Waals surface area (Å²) in [7, 11) is -1.43. The topological polar surface area (TPSA) is 49.4 Å². The molecule has 2 heterocycles. The maximum absolute atomic E-state index is 12.7. The van der Waals surface area contributed by atoms with Crippen LogP contribution in [0.2, 0.25) is 0 Å². The summed E-state index contributed by atoms with van der Waals surface area (Å²) in [5.74, 6) is 0.594. The molecular weight excluding hydrogens is 268 g/mol. The Hall–Kier alpha value is -0.430. The molecule has 1 aromatic rings. The van der Waals surface area contributed by atoms with Crippen molar-refractivity contribution >= 4 is 21.4 Å². The molecule has 3 rings (SSSR count). The van der Waals surface area contributed by atoms with Crippen LogP contribution in [0.1, 0.15) is 24.1 Å². The molecule has 100 valence electrons. The number of hydrogen-bond acceptors (Lipinski definition) is 4. The Balaban J connectivity index is 1.92. The highest BCUT2D eigenvalue weighted by atomic mass is 32.2. The third kappa shape index (κ3) is 1.91. The Kier molecular flexibility index (Phi) is 3.21. The normalized spacial score (nSPS) is 28.1. The van der Waals surface area contributed by atoms with Gasteiger partial charge in [0.25, 0.3) is 0 Å². The van der Waals surface area contributed by atoms with Gasteiger partial charge in [-0.3, -0.25) is 0 Å². The molecule has 1 aromatic heterocycles. The summed E-state index contributed by atoms with van der Waals surface area (Å²) in [4.78, 5) is 1.43. The lowest BCUT2D eigenvalue weighted by atomic mass is 10.1. The molecule has 0 aromatic carbocycles. The van der Waals surface area contributed by atoms with Crippen molar-refractivity contribution in [1.29, 1.82) is 0 Å². The summed E-state index contributed by atoms with van der Waals surface area (Å²) in [6.45, 7) is 1.34. The largest absolute Gasteiger partial charge is 0.315 e. The van der Waals surface area contributed by atoms with Crippen LogP contribution in [0.3, 0.4) is 0 Å². The molecule has 18 heavy (non-hydrogen) atoms. The van der Waals surface area contributed by atoms with Gasteiger partial charge in [0.15, 0.2) is 0 Å². The monoisotopic (exact) mass is 286 g/mol. The smallest absolute Gasteiger partial charge is 0.244 e. The number of sulfonamides is 1. The second-order valence-corrected chi connectivity index (χ2v) is 8.01. The number of nitrogens with one attached hydrogen (secondary N) is 1. The van der Waals surface area contributed by atoms with Crippen molar-refractivity contribution in [1.82, 2.24) is 9.62 Å². The Morgan fingerprint density at radius 1 is 1.50 bits per heavy atom.